The molecule has 0 saturated heterocycles. The Morgan fingerprint density at radius 2 is 1.84 bits per heavy atom. The van der Waals surface area contributed by atoms with Crippen molar-refractivity contribution in [2.24, 2.45) is 23.7 Å². The van der Waals surface area contributed by atoms with Crippen LogP contribution in [0.2, 0.25) is 0 Å². The van der Waals surface area contributed by atoms with Gasteiger partial charge in [-0.05, 0) is 56.8 Å². The maximum absolute atomic E-state index is 11.9. The summed E-state index contributed by atoms with van der Waals surface area (Å²) in [5.41, 5.74) is 0. The van der Waals surface area contributed by atoms with Crippen LogP contribution >= 0.6 is 0 Å². The van der Waals surface area contributed by atoms with Crippen LogP contribution in [0.4, 0.5) is 4.79 Å². The number of carbonyl (C=O) groups is 2. The van der Waals surface area contributed by atoms with Crippen LogP contribution in [0.1, 0.15) is 33.1 Å². The van der Waals surface area contributed by atoms with Gasteiger partial charge in [-0.25, -0.2) is 4.79 Å². The fourth-order valence-electron chi connectivity index (χ4n) is 4.34. The highest BCUT2D eigenvalue weighted by Gasteiger charge is 2.65. The number of hydrogen-bond donors (Lipinski definition) is 3. The quantitative estimate of drug-likeness (QED) is 0.706. The van der Waals surface area contributed by atoms with Gasteiger partial charge in [0.15, 0.2) is 0 Å². The van der Waals surface area contributed by atoms with E-state index in [1.807, 2.05) is 13.8 Å². The zero-order chi connectivity index (χ0) is 13.6. The largest absolute Gasteiger partial charge is 0.338 e. The predicted octanol–water partition coefficient (Wildman–Crippen LogP) is 0.855. The Balaban J connectivity index is 1.46. The third-order valence-corrected chi connectivity index (χ3v) is 5.15. The Kier molecular flexibility index (Phi) is 3.25. The van der Waals surface area contributed by atoms with Crippen LogP contribution in [0.25, 0.3) is 0 Å². The van der Waals surface area contributed by atoms with Crippen LogP contribution in [-0.2, 0) is 4.79 Å². The first-order valence-corrected chi connectivity index (χ1v) is 7.46. The highest BCUT2D eigenvalue weighted by atomic mass is 16.2. The van der Waals surface area contributed by atoms with Crippen molar-refractivity contribution < 1.29 is 9.59 Å². The second-order valence-corrected chi connectivity index (χ2v) is 6.25. The molecule has 0 aromatic heterocycles. The Morgan fingerprint density at radius 1 is 1.21 bits per heavy atom. The van der Waals surface area contributed by atoms with Crippen molar-refractivity contribution in [3.05, 3.63) is 0 Å². The van der Waals surface area contributed by atoms with E-state index in [0.717, 1.165) is 23.7 Å². The lowest BCUT2D eigenvalue weighted by atomic mass is 10.0. The molecule has 3 aliphatic rings. The van der Waals surface area contributed by atoms with Crippen LogP contribution in [0.5, 0.6) is 0 Å². The first kappa shape index (κ1) is 12.9. The first-order valence-electron chi connectivity index (χ1n) is 7.46. The zero-order valence-corrected chi connectivity index (χ0v) is 11.6. The average molecular weight is 265 g/mol. The second-order valence-electron chi connectivity index (χ2n) is 6.25. The van der Waals surface area contributed by atoms with Crippen molar-refractivity contribution in [1.82, 2.24) is 16.0 Å². The van der Waals surface area contributed by atoms with Crippen molar-refractivity contribution >= 4 is 11.9 Å². The third-order valence-electron chi connectivity index (χ3n) is 5.15. The molecule has 3 amide bonds. The maximum atomic E-state index is 11.9. The molecule has 0 spiro atoms. The molecule has 3 saturated carbocycles. The van der Waals surface area contributed by atoms with Gasteiger partial charge in [0.05, 0.1) is 6.04 Å². The van der Waals surface area contributed by atoms with Gasteiger partial charge in [0.1, 0.15) is 0 Å². The Bertz CT molecular complexity index is 382. The summed E-state index contributed by atoms with van der Waals surface area (Å²) in [5, 5.41) is 8.34. The minimum Gasteiger partial charge on any atom is -0.338 e. The van der Waals surface area contributed by atoms with Gasteiger partial charge in [-0.15, -0.1) is 0 Å². The van der Waals surface area contributed by atoms with E-state index in [-0.39, 0.29) is 11.9 Å². The van der Waals surface area contributed by atoms with Gasteiger partial charge >= 0.3 is 6.03 Å². The zero-order valence-electron chi connectivity index (χ0n) is 11.6. The van der Waals surface area contributed by atoms with Gasteiger partial charge in [-0.2, -0.15) is 0 Å². The molecule has 5 unspecified atom stereocenters. The van der Waals surface area contributed by atoms with Crippen molar-refractivity contribution in [3.63, 3.8) is 0 Å². The number of rotatable bonds is 4. The number of amides is 3. The molecule has 3 rings (SSSR count). The molecule has 5 heteroatoms. The minimum atomic E-state index is -0.405. The van der Waals surface area contributed by atoms with Gasteiger partial charge in [-0.1, -0.05) is 0 Å². The van der Waals surface area contributed by atoms with Crippen molar-refractivity contribution in [1.29, 1.82) is 0 Å². The number of carbonyl (C=O) groups excluding carboxylic acids is 2. The third kappa shape index (κ3) is 2.24. The molecule has 106 valence electrons. The van der Waals surface area contributed by atoms with E-state index in [2.05, 4.69) is 16.0 Å². The van der Waals surface area contributed by atoms with Gasteiger partial charge in [0.2, 0.25) is 5.91 Å². The molecular weight excluding hydrogens is 242 g/mol. The molecule has 3 N–H and O–H groups in total. The molecule has 0 aromatic rings. The highest BCUT2D eigenvalue weighted by Crippen LogP contribution is 2.65. The van der Waals surface area contributed by atoms with Gasteiger partial charge in [-0.3, -0.25) is 10.1 Å². The van der Waals surface area contributed by atoms with E-state index < -0.39 is 6.03 Å². The van der Waals surface area contributed by atoms with Crippen molar-refractivity contribution in [3.8, 4) is 0 Å². The smallest absolute Gasteiger partial charge is 0.321 e. The van der Waals surface area contributed by atoms with Crippen LogP contribution in [-0.4, -0.2) is 30.6 Å². The fraction of sp³-hybridized carbons (Fsp3) is 0.857. The van der Waals surface area contributed by atoms with E-state index >= 15 is 0 Å². The number of fused-ring (bicyclic) bond motifs is 5. The SMILES string of the molecule is CCNC(=O)NC(=O)C(C)NC1C2C3CCC(C3)C12. The monoisotopic (exact) mass is 265 g/mol. The van der Waals surface area contributed by atoms with Crippen molar-refractivity contribution in [2.75, 3.05) is 6.54 Å². The topological polar surface area (TPSA) is 70.2 Å². The normalized spacial score (nSPS) is 39.6. The van der Waals surface area contributed by atoms with Crippen LogP contribution in [0, 0.1) is 23.7 Å². The van der Waals surface area contributed by atoms with Gasteiger partial charge < -0.3 is 10.6 Å². The number of imide groups is 1. The van der Waals surface area contributed by atoms with E-state index in [1.54, 1.807) is 0 Å². The molecule has 2 bridgehead atoms. The Morgan fingerprint density at radius 3 is 2.42 bits per heavy atom. The predicted molar refractivity (Wildman–Crippen MR) is 71.4 cm³/mol. The molecule has 0 radical (unpaired) electrons. The molecule has 0 heterocycles. The van der Waals surface area contributed by atoms with Crippen LogP contribution in [0.15, 0.2) is 0 Å². The van der Waals surface area contributed by atoms with Crippen LogP contribution in [0.3, 0.4) is 0 Å². The Hall–Kier alpha value is -1.10. The minimum absolute atomic E-state index is 0.233. The lowest BCUT2D eigenvalue weighted by Gasteiger charge is -2.16. The van der Waals surface area contributed by atoms with E-state index in [9.17, 15) is 9.59 Å². The summed E-state index contributed by atoms with van der Waals surface area (Å²) in [4.78, 5) is 23.2. The number of nitrogens with one attached hydrogen (secondary N) is 3. The fourth-order valence-corrected chi connectivity index (χ4v) is 4.34. The lowest BCUT2D eigenvalue weighted by molar-refractivity contribution is -0.121. The summed E-state index contributed by atoms with van der Waals surface area (Å²) in [6.07, 6.45) is 4.17. The van der Waals surface area contributed by atoms with Gasteiger partial charge in [0.25, 0.3) is 0 Å². The second kappa shape index (κ2) is 4.78. The van der Waals surface area contributed by atoms with E-state index in [0.29, 0.717) is 12.6 Å². The standard InChI is InChI=1S/C14H23N3O2/c1-3-15-14(19)17-13(18)7(2)16-12-10-8-4-5-9(6-8)11(10)12/h7-12,16H,3-6H2,1-2H3,(H2,15,17,18,19). The number of hydrogen-bond acceptors (Lipinski definition) is 3. The lowest BCUT2D eigenvalue weighted by Crippen LogP contribution is -2.49. The molecule has 5 atom stereocenters. The average Bonchev–Trinajstić information content (AvgIpc) is 2.77. The summed E-state index contributed by atoms with van der Waals surface area (Å²) >= 11 is 0. The molecule has 19 heavy (non-hydrogen) atoms. The van der Waals surface area contributed by atoms with Gasteiger partial charge in [0, 0.05) is 12.6 Å². The summed E-state index contributed by atoms with van der Waals surface area (Å²) in [5.74, 6) is 3.16. The molecule has 0 aromatic carbocycles. The number of urea groups is 1. The highest BCUT2D eigenvalue weighted by molar-refractivity contribution is 5.96. The summed E-state index contributed by atoms with van der Waals surface area (Å²) in [7, 11) is 0. The summed E-state index contributed by atoms with van der Waals surface area (Å²) < 4.78 is 0. The van der Waals surface area contributed by atoms with Crippen LogP contribution < -0.4 is 16.0 Å². The van der Waals surface area contributed by atoms with E-state index in [1.165, 1.54) is 19.3 Å². The van der Waals surface area contributed by atoms with E-state index in [4.69, 9.17) is 0 Å². The molecule has 3 fully saturated rings. The molecule has 3 aliphatic carbocycles. The summed E-state index contributed by atoms with van der Waals surface area (Å²) in [6, 6.07) is -0.184. The summed E-state index contributed by atoms with van der Waals surface area (Å²) in [6.45, 7) is 4.19. The molecule has 5 nitrogen and oxygen atoms in total. The molecule has 0 aliphatic heterocycles. The Labute approximate surface area is 113 Å². The first-order chi connectivity index (χ1) is 9.11. The molecular formula is C14H23N3O2. The van der Waals surface area contributed by atoms with Crippen molar-refractivity contribution in [2.45, 2.75) is 45.2 Å². The maximum Gasteiger partial charge on any atom is 0.321 e.